The van der Waals surface area contributed by atoms with E-state index in [1.807, 2.05) is 0 Å². The van der Waals surface area contributed by atoms with Crippen LogP contribution >= 0.6 is 0 Å². The molecular formula is C17H16F3N7O. The van der Waals surface area contributed by atoms with Crippen molar-refractivity contribution in [3.8, 4) is 5.69 Å². The van der Waals surface area contributed by atoms with Crippen LogP contribution in [0, 0.1) is 0 Å². The van der Waals surface area contributed by atoms with Crippen molar-refractivity contribution in [3.05, 3.63) is 54.1 Å². The highest BCUT2D eigenvalue weighted by atomic mass is 19.4. The molecule has 1 aliphatic heterocycles. The molecule has 0 radical (unpaired) electrons. The summed E-state index contributed by atoms with van der Waals surface area (Å²) in [4.78, 5) is 14.7. The van der Waals surface area contributed by atoms with Crippen LogP contribution in [0.1, 0.15) is 34.9 Å². The first kappa shape index (κ1) is 18.1. The Hall–Kier alpha value is -3.24. The number of rotatable bonds is 3. The van der Waals surface area contributed by atoms with Crippen molar-refractivity contribution in [2.24, 2.45) is 0 Å². The minimum atomic E-state index is -4.46. The van der Waals surface area contributed by atoms with Gasteiger partial charge in [-0.1, -0.05) is 12.1 Å². The Morgan fingerprint density at radius 3 is 2.50 bits per heavy atom. The molecule has 1 fully saturated rings. The van der Waals surface area contributed by atoms with E-state index in [1.165, 1.54) is 21.9 Å². The van der Waals surface area contributed by atoms with Crippen LogP contribution in [-0.4, -0.2) is 53.9 Å². The minimum absolute atomic E-state index is 0.166. The van der Waals surface area contributed by atoms with Crippen molar-refractivity contribution in [1.29, 1.82) is 0 Å². The summed E-state index contributed by atoms with van der Waals surface area (Å²) in [6, 6.07) is 7.80. The van der Waals surface area contributed by atoms with Gasteiger partial charge in [0.15, 0.2) is 5.69 Å². The predicted octanol–water partition coefficient (Wildman–Crippen LogP) is 2.35. The molecule has 4 rings (SSSR count). The third-order valence-electron chi connectivity index (χ3n) is 4.75. The minimum Gasteiger partial charge on any atom is -0.338 e. The lowest BCUT2D eigenvalue weighted by Gasteiger charge is -2.32. The zero-order chi connectivity index (χ0) is 19.7. The van der Waals surface area contributed by atoms with E-state index < -0.39 is 11.9 Å². The average molecular weight is 391 g/mol. The molecule has 0 spiro atoms. The Morgan fingerprint density at radius 1 is 1.11 bits per heavy atom. The van der Waals surface area contributed by atoms with E-state index in [0.29, 0.717) is 37.2 Å². The summed E-state index contributed by atoms with van der Waals surface area (Å²) in [5.41, 5.74) is 0.134. The van der Waals surface area contributed by atoms with Gasteiger partial charge in [-0.2, -0.15) is 23.0 Å². The fourth-order valence-corrected chi connectivity index (χ4v) is 3.32. The Balaban J connectivity index is 1.46. The normalized spacial score (nSPS) is 15.8. The number of hydrogen-bond donors (Lipinski definition) is 0. The van der Waals surface area contributed by atoms with Gasteiger partial charge in [-0.15, -0.1) is 5.10 Å². The van der Waals surface area contributed by atoms with Gasteiger partial charge < -0.3 is 4.90 Å². The second-order valence-electron chi connectivity index (χ2n) is 6.47. The number of tetrazole rings is 1. The summed E-state index contributed by atoms with van der Waals surface area (Å²) in [5, 5.41) is 14.7. The molecule has 1 aliphatic rings. The average Bonchev–Trinajstić information content (AvgIpc) is 3.39. The van der Waals surface area contributed by atoms with Crippen molar-refractivity contribution in [2.45, 2.75) is 25.1 Å². The quantitative estimate of drug-likeness (QED) is 0.685. The van der Waals surface area contributed by atoms with Crippen molar-refractivity contribution in [1.82, 2.24) is 34.9 Å². The summed E-state index contributed by atoms with van der Waals surface area (Å²) in [6.07, 6.45) is -0.649. The van der Waals surface area contributed by atoms with Gasteiger partial charge >= 0.3 is 6.18 Å². The van der Waals surface area contributed by atoms with E-state index in [2.05, 4.69) is 20.6 Å². The first-order valence-corrected chi connectivity index (χ1v) is 8.67. The summed E-state index contributed by atoms with van der Waals surface area (Å²) >= 11 is 0. The van der Waals surface area contributed by atoms with Gasteiger partial charge in [0.25, 0.3) is 5.91 Å². The number of para-hydroxylation sites is 1. The van der Waals surface area contributed by atoms with Crippen LogP contribution in [-0.2, 0) is 6.18 Å². The van der Waals surface area contributed by atoms with E-state index >= 15 is 0 Å². The molecule has 1 aromatic carbocycles. The molecule has 1 amide bonds. The van der Waals surface area contributed by atoms with E-state index in [0.717, 1.165) is 6.07 Å². The zero-order valence-electron chi connectivity index (χ0n) is 14.6. The molecule has 3 heterocycles. The van der Waals surface area contributed by atoms with Crippen LogP contribution in [0.3, 0.4) is 0 Å². The molecule has 0 bridgehead atoms. The van der Waals surface area contributed by atoms with Crippen LogP contribution in [0.5, 0.6) is 0 Å². The van der Waals surface area contributed by atoms with Gasteiger partial charge in [0.1, 0.15) is 6.33 Å². The smallest absolute Gasteiger partial charge is 0.338 e. The van der Waals surface area contributed by atoms with E-state index in [1.54, 1.807) is 29.2 Å². The number of likely N-dealkylation sites (tertiary alicyclic amines) is 1. The highest BCUT2D eigenvalue weighted by Crippen LogP contribution is 2.30. The molecule has 8 nitrogen and oxygen atoms in total. The third-order valence-corrected chi connectivity index (χ3v) is 4.75. The predicted molar refractivity (Wildman–Crippen MR) is 90.6 cm³/mol. The van der Waals surface area contributed by atoms with Crippen LogP contribution in [0.15, 0.2) is 42.9 Å². The zero-order valence-corrected chi connectivity index (χ0v) is 14.6. The summed E-state index contributed by atoms with van der Waals surface area (Å²) < 4.78 is 41.0. The van der Waals surface area contributed by atoms with Gasteiger partial charge in [0.2, 0.25) is 0 Å². The standard InChI is InChI=1S/C17H16F3N7O/c18-17(19,20)15-7-10-26(22-15)12-5-8-25(9-6-12)16(28)13-3-1-2-4-14(13)27-11-21-23-24-27/h1-4,7,10-12H,5-6,8-9H2. The first-order valence-electron chi connectivity index (χ1n) is 8.67. The third kappa shape index (κ3) is 3.47. The van der Waals surface area contributed by atoms with Crippen LogP contribution in [0.25, 0.3) is 5.69 Å². The molecule has 1 saturated heterocycles. The lowest BCUT2D eigenvalue weighted by Crippen LogP contribution is -2.39. The lowest BCUT2D eigenvalue weighted by atomic mass is 10.0. The van der Waals surface area contributed by atoms with Gasteiger partial charge in [0, 0.05) is 19.3 Å². The number of aromatic nitrogens is 6. The van der Waals surface area contributed by atoms with Gasteiger partial charge in [-0.25, -0.2) is 0 Å². The molecule has 3 aromatic rings. The number of halogens is 3. The number of carbonyl (C=O) groups excluding carboxylic acids is 1. The largest absolute Gasteiger partial charge is 0.435 e. The number of nitrogens with zero attached hydrogens (tertiary/aromatic N) is 7. The Kier molecular flexibility index (Phi) is 4.57. The Bertz CT molecular complexity index is 959. The Morgan fingerprint density at radius 2 is 1.86 bits per heavy atom. The highest BCUT2D eigenvalue weighted by Gasteiger charge is 2.34. The molecule has 0 N–H and O–H groups in total. The van der Waals surface area contributed by atoms with Crippen LogP contribution in [0.4, 0.5) is 13.2 Å². The van der Waals surface area contributed by atoms with E-state index in [4.69, 9.17) is 0 Å². The van der Waals surface area contributed by atoms with Crippen LogP contribution in [0.2, 0.25) is 0 Å². The summed E-state index contributed by atoms with van der Waals surface area (Å²) in [7, 11) is 0. The summed E-state index contributed by atoms with van der Waals surface area (Å²) in [5.74, 6) is -0.166. The van der Waals surface area contributed by atoms with Gasteiger partial charge in [-0.3, -0.25) is 9.48 Å². The van der Waals surface area contributed by atoms with E-state index in [9.17, 15) is 18.0 Å². The number of hydrogen-bond acceptors (Lipinski definition) is 5. The molecule has 2 aromatic heterocycles. The molecule has 0 unspecified atom stereocenters. The molecule has 28 heavy (non-hydrogen) atoms. The molecular weight excluding hydrogens is 375 g/mol. The van der Waals surface area contributed by atoms with Crippen molar-refractivity contribution in [2.75, 3.05) is 13.1 Å². The molecule has 0 atom stereocenters. The molecule has 11 heteroatoms. The topological polar surface area (TPSA) is 81.7 Å². The number of benzene rings is 1. The second kappa shape index (κ2) is 7.06. The lowest BCUT2D eigenvalue weighted by molar-refractivity contribution is -0.141. The molecule has 0 aliphatic carbocycles. The fraction of sp³-hybridized carbons (Fsp3) is 0.353. The SMILES string of the molecule is O=C(c1ccccc1-n1cnnn1)N1CCC(n2ccc(C(F)(F)F)n2)CC1. The maximum absolute atomic E-state index is 13.0. The van der Waals surface area contributed by atoms with E-state index in [-0.39, 0.29) is 11.9 Å². The molecule has 146 valence electrons. The van der Waals surface area contributed by atoms with Crippen molar-refractivity contribution in [3.63, 3.8) is 0 Å². The summed E-state index contributed by atoms with van der Waals surface area (Å²) in [6.45, 7) is 0.851. The monoisotopic (exact) mass is 391 g/mol. The second-order valence-corrected chi connectivity index (χ2v) is 6.47. The maximum Gasteiger partial charge on any atom is 0.435 e. The maximum atomic E-state index is 13.0. The van der Waals surface area contributed by atoms with Crippen molar-refractivity contribution >= 4 is 5.91 Å². The highest BCUT2D eigenvalue weighted by molar-refractivity contribution is 5.97. The van der Waals surface area contributed by atoms with Gasteiger partial charge in [0.05, 0.1) is 17.3 Å². The van der Waals surface area contributed by atoms with Gasteiger partial charge in [-0.05, 0) is 41.5 Å². The number of amides is 1. The van der Waals surface area contributed by atoms with Crippen LogP contribution < -0.4 is 0 Å². The Labute approximate surface area is 157 Å². The first-order chi connectivity index (χ1) is 13.4. The fourth-order valence-electron chi connectivity index (χ4n) is 3.32. The molecule has 0 saturated carbocycles. The number of carbonyl (C=O) groups is 1. The number of alkyl halides is 3. The number of piperidine rings is 1. The van der Waals surface area contributed by atoms with Crippen molar-refractivity contribution < 1.29 is 18.0 Å².